The molecule has 0 bridgehead atoms. The van der Waals surface area contributed by atoms with Gasteiger partial charge in [0.15, 0.2) is 5.82 Å². The first-order valence-electron chi connectivity index (χ1n) is 16.6. The summed E-state index contributed by atoms with van der Waals surface area (Å²) >= 11 is 6.41. The summed E-state index contributed by atoms with van der Waals surface area (Å²) in [5.41, 5.74) is -0.442. The average molecular weight is 692 g/mol. The number of nitriles is 1. The molecule has 0 radical (unpaired) electrons. The van der Waals surface area contributed by atoms with Crippen LogP contribution in [0.4, 0.5) is 19.4 Å². The third-order valence-electron chi connectivity index (χ3n) is 9.06. The third kappa shape index (κ3) is 7.05. The minimum absolute atomic E-state index is 0.00237. The molecule has 258 valence electrons. The summed E-state index contributed by atoms with van der Waals surface area (Å²) in [6.07, 6.45) is 3.07. The van der Waals surface area contributed by atoms with Crippen molar-refractivity contribution in [1.82, 2.24) is 24.8 Å². The van der Waals surface area contributed by atoms with Crippen molar-refractivity contribution < 1.29 is 23.0 Å². The van der Waals surface area contributed by atoms with Gasteiger partial charge in [-0.2, -0.15) is 15.2 Å². The number of carbonyl (C=O) groups is 1. The molecule has 4 aromatic rings. The van der Waals surface area contributed by atoms with Crippen LogP contribution < -0.4 is 9.64 Å². The summed E-state index contributed by atoms with van der Waals surface area (Å²) < 4.78 is 43.2. The molecular formula is C36H40ClF2N7O3. The van der Waals surface area contributed by atoms with E-state index in [2.05, 4.69) is 34.8 Å². The van der Waals surface area contributed by atoms with Crippen LogP contribution in [0, 0.1) is 23.0 Å². The van der Waals surface area contributed by atoms with Crippen molar-refractivity contribution in [2.45, 2.75) is 77.6 Å². The molecule has 2 saturated heterocycles. The van der Waals surface area contributed by atoms with Gasteiger partial charge in [0.2, 0.25) is 0 Å². The van der Waals surface area contributed by atoms with Crippen LogP contribution in [0.25, 0.3) is 32.9 Å². The summed E-state index contributed by atoms with van der Waals surface area (Å²) in [5.74, 6) is -0.980. The van der Waals surface area contributed by atoms with Gasteiger partial charge in [0.05, 0.1) is 28.9 Å². The Morgan fingerprint density at radius 2 is 1.92 bits per heavy atom. The van der Waals surface area contributed by atoms with E-state index >= 15 is 4.39 Å². The lowest BCUT2D eigenvalue weighted by Gasteiger charge is -2.41. The van der Waals surface area contributed by atoms with Gasteiger partial charge in [-0.05, 0) is 65.5 Å². The van der Waals surface area contributed by atoms with Gasteiger partial charge >= 0.3 is 12.1 Å². The van der Waals surface area contributed by atoms with Crippen molar-refractivity contribution in [1.29, 1.82) is 5.26 Å². The van der Waals surface area contributed by atoms with Gasteiger partial charge in [0.25, 0.3) is 0 Å². The Labute approximate surface area is 289 Å². The first-order valence-corrected chi connectivity index (χ1v) is 17.0. The van der Waals surface area contributed by atoms with Crippen molar-refractivity contribution in [3.05, 3.63) is 53.2 Å². The number of rotatable bonds is 7. The minimum Gasteiger partial charge on any atom is -0.462 e. The SMILES string of the molecule is CC(C)N1CCC[C@H]1COc1nc(N2CCN(C(=O)OC(C)(C)C)[C@@H](CC#N)C2)c2cnc(-c3cccc4ccc(F)c(Cl)c34)c(F)c2n1. The Morgan fingerprint density at radius 3 is 2.65 bits per heavy atom. The van der Waals surface area contributed by atoms with Crippen LogP contribution >= 0.6 is 11.6 Å². The zero-order chi connectivity index (χ0) is 35.0. The van der Waals surface area contributed by atoms with Crippen molar-refractivity contribution in [3.63, 3.8) is 0 Å². The van der Waals surface area contributed by atoms with Crippen molar-refractivity contribution in [3.8, 4) is 23.3 Å². The van der Waals surface area contributed by atoms with Crippen LogP contribution in [0.15, 0.2) is 36.5 Å². The lowest BCUT2D eigenvalue weighted by atomic mass is 10.0. The molecule has 0 aliphatic carbocycles. The minimum atomic E-state index is -0.732. The van der Waals surface area contributed by atoms with E-state index in [0.29, 0.717) is 46.7 Å². The number of piperazine rings is 1. The van der Waals surface area contributed by atoms with E-state index in [1.807, 2.05) is 4.90 Å². The molecule has 2 aromatic carbocycles. The van der Waals surface area contributed by atoms with Gasteiger partial charge in [-0.25, -0.2) is 13.6 Å². The average Bonchev–Trinajstić information content (AvgIpc) is 3.54. The van der Waals surface area contributed by atoms with Gasteiger partial charge in [0.1, 0.15) is 35.1 Å². The monoisotopic (exact) mass is 691 g/mol. The van der Waals surface area contributed by atoms with Gasteiger partial charge in [-0.15, -0.1) is 0 Å². The number of nitrogens with zero attached hydrogens (tertiary/aromatic N) is 7. The van der Waals surface area contributed by atoms with E-state index in [4.69, 9.17) is 26.1 Å². The molecule has 2 aromatic heterocycles. The maximum absolute atomic E-state index is 16.8. The zero-order valence-electron chi connectivity index (χ0n) is 28.3. The van der Waals surface area contributed by atoms with E-state index in [1.165, 1.54) is 12.3 Å². The molecule has 0 N–H and O–H groups in total. The first-order chi connectivity index (χ1) is 23.4. The number of halogens is 3. The Kier molecular flexibility index (Phi) is 9.78. The molecule has 0 unspecified atom stereocenters. The van der Waals surface area contributed by atoms with Gasteiger partial charge in [0, 0.05) is 48.9 Å². The fraction of sp³-hybridized carbons (Fsp3) is 0.472. The molecule has 0 saturated carbocycles. The quantitative estimate of drug-likeness (QED) is 0.196. The highest BCUT2D eigenvalue weighted by molar-refractivity contribution is 6.36. The lowest BCUT2D eigenvalue weighted by Crippen LogP contribution is -2.56. The molecule has 0 spiro atoms. The predicted molar refractivity (Wildman–Crippen MR) is 185 cm³/mol. The first kappa shape index (κ1) is 34.5. The molecule has 2 atom stereocenters. The van der Waals surface area contributed by atoms with Gasteiger partial charge < -0.3 is 19.3 Å². The number of anilines is 1. The zero-order valence-corrected chi connectivity index (χ0v) is 29.1. The topological polar surface area (TPSA) is 108 Å². The smallest absolute Gasteiger partial charge is 0.410 e. The molecular weight excluding hydrogens is 652 g/mol. The number of likely N-dealkylation sites (tertiary alicyclic amines) is 1. The van der Waals surface area contributed by atoms with Crippen LogP contribution in [-0.4, -0.2) is 87.4 Å². The third-order valence-corrected chi connectivity index (χ3v) is 9.43. The van der Waals surface area contributed by atoms with Gasteiger partial charge in [-0.3, -0.25) is 9.88 Å². The molecule has 4 heterocycles. The highest BCUT2D eigenvalue weighted by Crippen LogP contribution is 2.38. The van der Waals surface area contributed by atoms with Crippen LogP contribution in [-0.2, 0) is 4.74 Å². The molecule has 2 fully saturated rings. The Morgan fingerprint density at radius 1 is 1.12 bits per heavy atom. The second kappa shape index (κ2) is 13.9. The fourth-order valence-corrected chi connectivity index (χ4v) is 7.07. The number of pyridine rings is 1. The van der Waals surface area contributed by atoms with Gasteiger partial charge in [-0.1, -0.05) is 35.9 Å². The van der Waals surface area contributed by atoms with Crippen molar-refractivity contribution in [2.75, 3.05) is 37.7 Å². The normalized spacial score (nSPS) is 18.8. The number of amides is 1. The molecule has 13 heteroatoms. The highest BCUT2D eigenvalue weighted by Gasteiger charge is 2.35. The number of fused-ring (bicyclic) bond motifs is 2. The standard InChI is InChI=1S/C36H40ClF2N7O3/c1-21(2)45-15-7-9-24(45)20-48-34-42-32-26(18-41-31(30(32)39)25-10-6-8-22-11-12-27(38)29(37)28(22)25)33(43-34)44-16-17-46(23(19-44)13-14-40)35(47)49-36(3,4)5/h6,8,10-12,18,21,23-24H,7,9,13,15-17,19-20H2,1-5H3/t23-,24-/m0/s1. The largest absolute Gasteiger partial charge is 0.462 e. The maximum Gasteiger partial charge on any atom is 0.410 e. The van der Waals surface area contributed by atoms with E-state index < -0.39 is 29.4 Å². The van der Waals surface area contributed by atoms with E-state index in [0.717, 1.165) is 19.4 Å². The number of benzene rings is 2. The molecule has 2 aliphatic heterocycles. The second-order valence-corrected chi connectivity index (χ2v) is 14.2. The Bertz CT molecular complexity index is 1930. The van der Waals surface area contributed by atoms with Crippen molar-refractivity contribution >= 4 is 45.2 Å². The molecule has 6 rings (SSSR count). The number of carbonyl (C=O) groups excluding carboxylic acids is 1. The summed E-state index contributed by atoms with van der Waals surface area (Å²) in [7, 11) is 0. The lowest BCUT2D eigenvalue weighted by molar-refractivity contribution is 0.0145. The summed E-state index contributed by atoms with van der Waals surface area (Å²) in [5, 5.41) is 10.8. The number of hydrogen-bond acceptors (Lipinski definition) is 9. The Hall–Kier alpha value is -4.34. The second-order valence-electron chi connectivity index (χ2n) is 13.9. The Balaban J connectivity index is 1.43. The van der Waals surface area contributed by atoms with Crippen LogP contribution in [0.1, 0.15) is 53.9 Å². The highest BCUT2D eigenvalue weighted by atomic mass is 35.5. The summed E-state index contributed by atoms with van der Waals surface area (Å²) in [4.78, 5) is 32.8. The van der Waals surface area contributed by atoms with Crippen molar-refractivity contribution in [2.24, 2.45) is 0 Å². The number of ether oxygens (including phenoxy) is 2. The predicted octanol–water partition coefficient (Wildman–Crippen LogP) is 7.37. The molecule has 2 aliphatic rings. The molecule has 10 nitrogen and oxygen atoms in total. The van der Waals surface area contributed by atoms with Crippen LogP contribution in [0.5, 0.6) is 6.01 Å². The van der Waals surface area contributed by atoms with Crippen LogP contribution in [0.2, 0.25) is 5.02 Å². The number of hydrogen-bond donors (Lipinski definition) is 0. The van der Waals surface area contributed by atoms with E-state index in [-0.39, 0.29) is 47.8 Å². The maximum atomic E-state index is 16.8. The van der Waals surface area contributed by atoms with Crippen LogP contribution in [0.3, 0.4) is 0 Å². The van der Waals surface area contributed by atoms with E-state index in [9.17, 15) is 14.4 Å². The fourth-order valence-electron chi connectivity index (χ4n) is 6.80. The summed E-state index contributed by atoms with van der Waals surface area (Å²) in [6.45, 7) is 11.8. The summed E-state index contributed by atoms with van der Waals surface area (Å²) in [6, 6.07) is 10.2. The molecule has 1 amide bonds. The number of aromatic nitrogens is 3. The van der Waals surface area contributed by atoms with E-state index in [1.54, 1.807) is 49.9 Å². The molecule has 49 heavy (non-hydrogen) atoms.